The number of allylic oxidation sites excluding steroid dienone is 1. The van der Waals surface area contributed by atoms with Gasteiger partial charge in [-0.05, 0) is 49.4 Å². The lowest BCUT2D eigenvalue weighted by Gasteiger charge is -2.22. The van der Waals surface area contributed by atoms with E-state index in [1.165, 1.54) is 12.8 Å². The normalized spacial score (nSPS) is 13.6. The topological polar surface area (TPSA) is 66.0 Å². The summed E-state index contributed by atoms with van der Waals surface area (Å²) >= 11 is 0. The minimum atomic E-state index is 0.0802. The molecule has 0 fully saturated rings. The first-order valence-electron chi connectivity index (χ1n) is 9.72. The molecule has 0 spiro atoms. The van der Waals surface area contributed by atoms with Crippen LogP contribution in [0.2, 0.25) is 0 Å². The molecule has 0 radical (unpaired) electrons. The van der Waals surface area contributed by atoms with Gasteiger partial charge in [0.15, 0.2) is 5.96 Å². The maximum absolute atomic E-state index is 11.4. The summed E-state index contributed by atoms with van der Waals surface area (Å²) in [6.45, 7) is 5.97. The number of aryl methyl sites for hydroxylation is 1. The Morgan fingerprint density at radius 3 is 3.00 bits per heavy atom. The molecule has 0 atom stereocenters. The van der Waals surface area contributed by atoms with Gasteiger partial charge in [-0.2, -0.15) is 0 Å². The molecule has 6 nitrogen and oxygen atoms in total. The van der Waals surface area contributed by atoms with Crippen LogP contribution in [0.15, 0.2) is 35.8 Å². The maximum Gasteiger partial charge on any atom is 0.224 e. The van der Waals surface area contributed by atoms with Crippen molar-refractivity contribution < 1.29 is 9.53 Å². The van der Waals surface area contributed by atoms with Crippen molar-refractivity contribution in [3.63, 3.8) is 0 Å². The van der Waals surface area contributed by atoms with Gasteiger partial charge in [-0.1, -0.05) is 12.5 Å². The third-order valence-electron chi connectivity index (χ3n) is 4.60. The van der Waals surface area contributed by atoms with E-state index in [1.54, 1.807) is 7.05 Å². The molecule has 1 amide bonds. The van der Waals surface area contributed by atoms with Crippen LogP contribution in [0.3, 0.4) is 0 Å². The molecule has 1 heterocycles. The number of fused-ring (bicyclic) bond motifs is 1. The lowest BCUT2D eigenvalue weighted by molar-refractivity contribution is -0.116. The number of ether oxygens (including phenoxy) is 1. The predicted octanol–water partition coefficient (Wildman–Crippen LogP) is 3.20. The van der Waals surface area contributed by atoms with E-state index in [1.807, 2.05) is 24.3 Å². The number of guanidine groups is 1. The first kappa shape index (κ1) is 20.8. The van der Waals surface area contributed by atoms with Crippen molar-refractivity contribution in [3.05, 3.63) is 36.4 Å². The molecule has 1 aliphatic heterocycles. The van der Waals surface area contributed by atoms with E-state index < -0.39 is 0 Å². The van der Waals surface area contributed by atoms with Gasteiger partial charge < -0.3 is 20.3 Å². The van der Waals surface area contributed by atoms with E-state index >= 15 is 0 Å². The second-order valence-electron chi connectivity index (χ2n) is 6.75. The molecule has 1 aliphatic rings. The zero-order chi connectivity index (χ0) is 19.5. The van der Waals surface area contributed by atoms with Gasteiger partial charge in [0, 0.05) is 32.7 Å². The number of benzene rings is 1. The Hall–Kier alpha value is -2.50. The summed E-state index contributed by atoms with van der Waals surface area (Å²) < 4.78 is 5.84. The average molecular weight is 373 g/mol. The van der Waals surface area contributed by atoms with Gasteiger partial charge in [0.05, 0.1) is 6.54 Å². The molecule has 1 aromatic carbocycles. The van der Waals surface area contributed by atoms with E-state index in [4.69, 9.17) is 4.74 Å². The summed E-state index contributed by atoms with van der Waals surface area (Å²) in [5, 5.41) is 6.22. The number of nitrogens with zero attached hydrogens (tertiary/aromatic N) is 2. The smallest absolute Gasteiger partial charge is 0.224 e. The number of aliphatic imine (C=N–C) groups is 1. The SMILES string of the molecule is C=CCCCCCN(C)C(=NC)NCCOc1ccc2c(c1)CCC(=O)N2. The Kier molecular flexibility index (Phi) is 8.68. The van der Waals surface area contributed by atoms with Gasteiger partial charge in [-0.3, -0.25) is 9.79 Å². The molecule has 0 bridgehead atoms. The Labute approximate surface area is 162 Å². The van der Waals surface area contributed by atoms with Crippen molar-refractivity contribution in [2.45, 2.75) is 38.5 Å². The summed E-state index contributed by atoms with van der Waals surface area (Å²) in [5.41, 5.74) is 2.03. The van der Waals surface area contributed by atoms with Crippen molar-refractivity contribution >= 4 is 17.6 Å². The molecular formula is C21H32N4O2. The number of anilines is 1. The number of hydrogen-bond donors (Lipinski definition) is 2. The van der Waals surface area contributed by atoms with Gasteiger partial charge in [0.2, 0.25) is 5.91 Å². The molecule has 0 aromatic heterocycles. The highest BCUT2D eigenvalue weighted by Gasteiger charge is 2.15. The van der Waals surface area contributed by atoms with E-state index in [2.05, 4.69) is 34.2 Å². The molecule has 1 aromatic rings. The van der Waals surface area contributed by atoms with Crippen LogP contribution in [0.1, 0.15) is 37.7 Å². The van der Waals surface area contributed by atoms with E-state index in [0.717, 1.165) is 48.8 Å². The number of nitrogens with one attached hydrogen (secondary N) is 2. The number of amides is 1. The van der Waals surface area contributed by atoms with Gasteiger partial charge in [0.25, 0.3) is 0 Å². The summed E-state index contributed by atoms with van der Waals surface area (Å²) in [7, 11) is 3.86. The highest BCUT2D eigenvalue weighted by Crippen LogP contribution is 2.26. The highest BCUT2D eigenvalue weighted by molar-refractivity contribution is 5.94. The lowest BCUT2D eigenvalue weighted by atomic mass is 10.0. The van der Waals surface area contributed by atoms with Gasteiger partial charge >= 0.3 is 0 Å². The van der Waals surface area contributed by atoms with Crippen molar-refractivity contribution in [1.82, 2.24) is 10.2 Å². The predicted molar refractivity (Wildman–Crippen MR) is 112 cm³/mol. The lowest BCUT2D eigenvalue weighted by Crippen LogP contribution is -2.41. The fourth-order valence-corrected chi connectivity index (χ4v) is 3.09. The third kappa shape index (κ3) is 6.96. The summed E-state index contributed by atoms with van der Waals surface area (Å²) in [5.74, 6) is 1.80. The van der Waals surface area contributed by atoms with Crippen molar-refractivity contribution in [1.29, 1.82) is 0 Å². The number of carbonyl (C=O) groups excluding carboxylic acids is 1. The summed E-state index contributed by atoms with van der Waals surface area (Å²) in [6.07, 6.45) is 7.91. The minimum Gasteiger partial charge on any atom is -0.492 e. The molecular weight excluding hydrogens is 340 g/mol. The van der Waals surface area contributed by atoms with Crippen LogP contribution in [0, 0.1) is 0 Å². The zero-order valence-electron chi connectivity index (χ0n) is 16.6. The molecule has 0 aliphatic carbocycles. The number of unbranched alkanes of at least 4 members (excludes halogenated alkanes) is 3. The van der Waals surface area contributed by atoms with Gasteiger partial charge in [0.1, 0.15) is 12.4 Å². The molecule has 27 heavy (non-hydrogen) atoms. The second kappa shape index (κ2) is 11.3. The first-order valence-corrected chi connectivity index (χ1v) is 9.72. The van der Waals surface area contributed by atoms with E-state index in [0.29, 0.717) is 19.6 Å². The van der Waals surface area contributed by atoms with Crippen LogP contribution in [-0.4, -0.2) is 50.6 Å². The standard InChI is InChI=1S/C21H32N4O2/c1-4-5-6-7-8-14-25(3)21(22-2)23-13-15-27-18-10-11-19-17(16-18)9-12-20(26)24-19/h4,10-11,16H,1,5-9,12-15H2,2-3H3,(H,22,23)(H,24,26). The highest BCUT2D eigenvalue weighted by atomic mass is 16.5. The fraction of sp³-hybridized carbons (Fsp3) is 0.524. The van der Waals surface area contributed by atoms with Crippen LogP contribution < -0.4 is 15.4 Å². The Morgan fingerprint density at radius 2 is 2.22 bits per heavy atom. The number of carbonyl (C=O) groups is 1. The van der Waals surface area contributed by atoms with E-state index in [-0.39, 0.29) is 5.91 Å². The Balaban J connectivity index is 1.69. The van der Waals surface area contributed by atoms with Crippen molar-refractivity contribution in [2.24, 2.45) is 4.99 Å². The maximum atomic E-state index is 11.4. The molecule has 0 unspecified atom stereocenters. The molecule has 2 N–H and O–H groups in total. The van der Waals surface area contributed by atoms with Gasteiger partial charge in [-0.15, -0.1) is 6.58 Å². The van der Waals surface area contributed by atoms with Crippen molar-refractivity contribution in [2.75, 3.05) is 39.1 Å². The fourth-order valence-electron chi connectivity index (χ4n) is 3.09. The van der Waals surface area contributed by atoms with Gasteiger partial charge in [-0.25, -0.2) is 0 Å². The summed E-state index contributed by atoms with van der Waals surface area (Å²) in [4.78, 5) is 17.9. The molecule has 2 rings (SSSR count). The number of hydrogen-bond acceptors (Lipinski definition) is 3. The third-order valence-corrected chi connectivity index (χ3v) is 4.60. The van der Waals surface area contributed by atoms with E-state index in [9.17, 15) is 4.79 Å². The first-order chi connectivity index (χ1) is 13.1. The van der Waals surface area contributed by atoms with Crippen LogP contribution >= 0.6 is 0 Å². The molecule has 6 heteroatoms. The Bertz CT molecular complexity index is 658. The Morgan fingerprint density at radius 1 is 1.37 bits per heavy atom. The minimum absolute atomic E-state index is 0.0802. The second-order valence-corrected chi connectivity index (χ2v) is 6.75. The van der Waals surface area contributed by atoms with Crippen LogP contribution in [-0.2, 0) is 11.2 Å². The van der Waals surface area contributed by atoms with Crippen LogP contribution in [0.25, 0.3) is 0 Å². The van der Waals surface area contributed by atoms with Crippen molar-refractivity contribution in [3.8, 4) is 5.75 Å². The monoisotopic (exact) mass is 372 g/mol. The largest absolute Gasteiger partial charge is 0.492 e. The quantitative estimate of drug-likeness (QED) is 0.286. The van der Waals surface area contributed by atoms with Crippen LogP contribution in [0.5, 0.6) is 5.75 Å². The zero-order valence-corrected chi connectivity index (χ0v) is 16.6. The summed E-state index contributed by atoms with van der Waals surface area (Å²) in [6, 6.07) is 5.82. The number of rotatable bonds is 10. The molecule has 148 valence electrons. The molecule has 0 saturated heterocycles. The molecule has 0 saturated carbocycles. The van der Waals surface area contributed by atoms with Crippen LogP contribution in [0.4, 0.5) is 5.69 Å². The average Bonchev–Trinajstić information content (AvgIpc) is 2.67.